The highest BCUT2D eigenvalue weighted by atomic mass is 79.9. The SMILES string of the molecule is CCc1nn(CC)c(CNC(C)COC)c1Br. The molecule has 98 valence electrons. The topological polar surface area (TPSA) is 39.1 Å². The zero-order chi connectivity index (χ0) is 12.8. The van der Waals surface area contributed by atoms with Crippen LogP contribution in [0.2, 0.25) is 0 Å². The van der Waals surface area contributed by atoms with E-state index in [0.29, 0.717) is 6.04 Å². The molecule has 1 unspecified atom stereocenters. The van der Waals surface area contributed by atoms with Gasteiger partial charge in [0.2, 0.25) is 0 Å². The number of hydrogen-bond acceptors (Lipinski definition) is 3. The summed E-state index contributed by atoms with van der Waals surface area (Å²) in [6, 6.07) is 0.345. The van der Waals surface area contributed by atoms with Crippen molar-refractivity contribution in [2.45, 2.75) is 46.3 Å². The van der Waals surface area contributed by atoms with E-state index in [2.05, 4.69) is 51.8 Å². The first-order valence-corrected chi connectivity index (χ1v) is 6.89. The van der Waals surface area contributed by atoms with Gasteiger partial charge < -0.3 is 10.1 Å². The van der Waals surface area contributed by atoms with E-state index in [1.165, 1.54) is 5.69 Å². The van der Waals surface area contributed by atoms with Crippen LogP contribution in [0.3, 0.4) is 0 Å². The van der Waals surface area contributed by atoms with Gasteiger partial charge in [-0.25, -0.2) is 0 Å². The van der Waals surface area contributed by atoms with Gasteiger partial charge in [-0.05, 0) is 36.2 Å². The molecule has 0 amide bonds. The van der Waals surface area contributed by atoms with Crippen LogP contribution in [0.5, 0.6) is 0 Å². The predicted octanol–water partition coefficient (Wildman–Crippen LogP) is 2.35. The third-order valence-corrected chi connectivity index (χ3v) is 3.64. The van der Waals surface area contributed by atoms with Crippen LogP contribution in [0.15, 0.2) is 4.47 Å². The van der Waals surface area contributed by atoms with E-state index < -0.39 is 0 Å². The smallest absolute Gasteiger partial charge is 0.0767 e. The molecule has 0 aromatic carbocycles. The zero-order valence-corrected chi connectivity index (χ0v) is 12.7. The van der Waals surface area contributed by atoms with Gasteiger partial charge in [-0.1, -0.05) is 6.92 Å². The van der Waals surface area contributed by atoms with E-state index >= 15 is 0 Å². The maximum Gasteiger partial charge on any atom is 0.0767 e. The minimum atomic E-state index is 0.345. The lowest BCUT2D eigenvalue weighted by Crippen LogP contribution is -2.30. The number of aromatic nitrogens is 2. The Kier molecular flexibility index (Phi) is 6.16. The number of halogens is 1. The van der Waals surface area contributed by atoms with Gasteiger partial charge in [0.05, 0.1) is 22.5 Å². The molecule has 0 aliphatic carbocycles. The van der Waals surface area contributed by atoms with Crippen LogP contribution in [0.1, 0.15) is 32.2 Å². The van der Waals surface area contributed by atoms with Crippen LogP contribution in [0.25, 0.3) is 0 Å². The summed E-state index contributed by atoms with van der Waals surface area (Å²) in [4.78, 5) is 0. The van der Waals surface area contributed by atoms with Crippen LogP contribution in [-0.4, -0.2) is 29.5 Å². The first kappa shape index (κ1) is 14.7. The van der Waals surface area contributed by atoms with Gasteiger partial charge in [-0.3, -0.25) is 4.68 Å². The molecule has 1 rings (SSSR count). The van der Waals surface area contributed by atoms with Gasteiger partial charge in [0.15, 0.2) is 0 Å². The Morgan fingerprint density at radius 3 is 2.71 bits per heavy atom. The van der Waals surface area contributed by atoms with E-state index in [1.807, 2.05) is 0 Å². The van der Waals surface area contributed by atoms with Crippen molar-refractivity contribution in [2.24, 2.45) is 0 Å². The van der Waals surface area contributed by atoms with E-state index in [0.717, 1.165) is 36.3 Å². The van der Waals surface area contributed by atoms with Gasteiger partial charge in [0.25, 0.3) is 0 Å². The lowest BCUT2D eigenvalue weighted by atomic mass is 10.3. The van der Waals surface area contributed by atoms with E-state index in [4.69, 9.17) is 4.74 Å². The summed E-state index contributed by atoms with van der Waals surface area (Å²) in [5, 5.41) is 8.01. The predicted molar refractivity (Wildman–Crippen MR) is 73.2 cm³/mol. The van der Waals surface area contributed by atoms with Crippen LogP contribution in [0.4, 0.5) is 0 Å². The Morgan fingerprint density at radius 2 is 2.18 bits per heavy atom. The standard InChI is InChI=1S/C12H22BrN3O/c1-5-10-12(13)11(16(6-2)15-10)7-14-9(3)8-17-4/h9,14H,5-8H2,1-4H3. The fourth-order valence-electron chi connectivity index (χ4n) is 1.77. The largest absolute Gasteiger partial charge is 0.383 e. The molecule has 1 atom stereocenters. The molecule has 0 aliphatic rings. The number of aryl methyl sites for hydroxylation is 2. The molecular weight excluding hydrogens is 282 g/mol. The summed E-state index contributed by atoms with van der Waals surface area (Å²) in [6.07, 6.45) is 0.953. The Morgan fingerprint density at radius 1 is 1.47 bits per heavy atom. The van der Waals surface area contributed by atoms with Crippen LogP contribution < -0.4 is 5.32 Å². The van der Waals surface area contributed by atoms with Crippen LogP contribution in [-0.2, 0) is 24.2 Å². The summed E-state index contributed by atoms with van der Waals surface area (Å²) < 4.78 is 8.30. The molecule has 4 nitrogen and oxygen atoms in total. The number of ether oxygens (including phenoxy) is 1. The molecule has 0 aliphatic heterocycles. The van der Waals surface area contributed by atoms with E-state index in [-0.39, 0.29) is 0 Å². The highest BCUT2D eigenvalue weighted by molar-refractivity contribution is 9.10. The van der Waals surface area contributed by atoms with Gasteiger partial charge in [-0.15, -0.1) is 0 Å². The van der Waals surface area contributed by atoms with E-state index in [1.54, 1.807) is 7.11 Å². The molecule has 5 heteroatoms. The molecule has 0 bridgehead atoms. The van der Waals surface area contributed by atoms with Crippen molar-refractivity contribution >= 4 is 15.9 Å². The summed E-state index contributed by atoms with van der Waals surface area (Å²) in [5.74, 6) is 0. The van der Waals surface area contributed by atoms with Crippen molar-refractivity contribution in [3.63, 3.8) is 0 Å². The monoisotopic (exact) mass is 303 g/mol. The maximum absolute atomic E-state index is 5.11. The molecule has 17 heavy (non-hydrogen) atoms. The summed E-state index contributed by atoms with van der Waals surface area (Å²) in [7, 11) is 1.72. The lowest BCUT2D eigenvalue weighted by Gasteiger charge is -2.13. The normalized spacial score (nSPS) is 13.0. The molecule has 1 aromatic heterocycles. The third kappa shape index (κ3) is 3.79. The zero-order valence-electron chi connectivity index (χ0n) is 11.1. The summed E-state index contributed by atoms with van der Waals surface area (Å²) in [5.41, 5.74) is 2.34. The Hall–Kier alpha value is -0.390. The number of hydrogen-bond donors (Lipinski definition) is 1. The third-order valence-electron chi connectivity index (χ3n) is 2.73. The van der Waals surface area contributed by atoms with Crippen molar-refractivity contribution in [1.82, 2.24) is 15.1 Å². The Labute approximate surface area is 112 Å². The van der Waals surface area contributed by atoms with Crippen molar-refractivity contribution < 1.29 is 4.74 Å². The summed E-state index contributed by atoms with van der Waals surface area (Å²) >= 11 is 3.64. The average molecular weight is 304 g/mol. The highest BCUT2D eigenvalue weighted by Crippen LogP contribution is 2.22. The molecule has 0 saturated heterocycles. The Bertz CT molecular complexity index is 352. The van der Waals surface area contributed by atoms with E-state index in [9.17, 15) is 0 Å². The molecular formula is C12H22BrN3O. The maximum atomic E-state index is 5.11. The minimum absolute atomic E-state index is 0.345. The van der Waals surface area contributed by atoms with Crippen molar-refractivity contribution in [3.8, 4) is 0 Å². The Balaban J connectivity index is 2.72. The van der Waals surface area contributed by atoms with Crippen molar-refractivity contribution in [3.05, 3.63) is 15.9 Å². The van der Waals surface area contributed by atoms with Gasteiger partial charge in [0.1, 0.15) is 0 Å². The van der Waals surface area contributed by atoms with Gasteiger partial charge in [-0.2, -0.15) is 5.10 Å². The van der Waals surface area contributed by atoms with Crippen LogP contribution >= 0.6 is 15.9 Å². The highest BCUT2D eigenvalue weighted by Gasteiger charge is 2.14. The second-order valence-corrected chi connectivity index (χ2v) is 4.91. The second-order valence-electron chi connectivity index (χ2n) is 4.11. The van der Waals surface area contributed by atoms with Crippen molar-refractivity contribution in [1.29, 1.82) is 0 Å². The number of nitrogens with zero attached hydrogens (tertiary/aromatic N) is 2. The number of nitrogens with one attached hydrogen (secondary N) is 1. The van der Waals surface area contributed by atoms with Gasteiger partial charge >= 0.3 is 0 Å². The second kappa shape index (κ2) is 7.13. The van der Waals surface area contributed by atoms with Crippen molar-refractivity contribution in [2.75, 3.05) is 13.7 Å². The van der Waals surface area contributed by atoms with Gasteiger partial charge in [0, 0.05) is 26.2 Å². The molecule has 1 aromatic rings. The molecule has 1 heterocycles. The minimum Gasteiger partial charge on any atom is -0.383 e. The lowest BCUT2D eigenvalue weighted by molar-refractivity contribution is 0.171. The fraction of sp³-hybridized carbons (Fsp3) is 0.750. The number of methoxy groups -OCH3 is 1. The molecule has 0 radical (unpaired) electrons. The van der Waals surface area contributed by atoms with Crippen LogP contribution in [0, 0.1) is 0 Å². The first-order valence-electron chi connectivity index (χ1n) is 6.10. The summed E-state index contributed by atoms with van der Waals surface area (Å²) in [6.45, 7) is 8.78. The molecule has 0 fully saturated rings. The molecule has 1 N–H and O–H groups in total. The average Bonchev–Trinajstić information content (AvgIpc) is 2.63. The molecule has 0 saturated carbocycles. The number of rotatable bonds is 7. The molecule has 0 spiro atoms. The quantitative estimate of drug-likeness (QED) is 0.840. The first-order chi connectivity index (χ1) is 8.13. The fourth-order valence-corrected chi connectivity index (χ4v) is 2.47.